The summed E-state index contributed by atoms with van der Waals surface area (Å²) in [6.07, 6.45) is 2.19. The zero-order chi connectivity index (χ0) is 22.8. The van der Waals surface area contributed by atoms with Gasteiger partial charge in [-0.15, -0.1) is 0 Å². The van der Waals surface area contributed by atoms with Crippen molar-refractivity contribution in [1.29, 1.82) is 0 Å². The standard InChI is InChI=1S/C22H24N2O5S2/c1-16(17-11-13-19(14-12-17)30(2,26)27)23-22(25)15-24(31(3,28)29)21-10-6-8-18-7-4-5-9-20(18)21/h4-14,16H,15H2,1-3H3,(H,23,25)/t16-/m1/s1. The van der Waals surface area contributed by atoms with Crippen LogP contribution in [-0.4, -0.2) is 41.8 Å². The van der Waals surface area contributed by atoms with E-state index in [9.17, 15) is 21.6 Å². The fourth-order valence-corrected chi connectivity index (χ4v) is 4.81. The van der Waals surface area contributed by atoms with E-state index in [4.69, 9.17) is 0 Å². The van der Waals surface area contributed by atoms with E-state index >= 15 is 0 Å². The second-order valence-corrected chi connectivity index (χ2v) is 11.3. The number of carbonyl (C=O) groups excluding carboxylic acids is 1. The van der Waals surface area contributed by atoms with Crippen molar-refractivity contribution in [3.63, 3.8) is 0 Å². The van der Waals surface area contributed by atoms with Crippen LogP contribution in [0.4, 0.5) is 5.69 Å². The third-order valence-corrected chi connectivity index (χ3v) is 7.16. The summed E-state index contributed by atoms with van der Waals surface area (Å²) in [6.45, 7) is 1.37. The molecule has 3 aromatic rings. The van der Waals surface area contributed by atoms with E-state index in [-0.39, 0.29) is 11.4 Å². The van der Waals surface area contributed by atoms with E-state index in [1.807, 2.05) is 30.3 Å². The summed E-state index contributed by atoms with van der Waals surface area (Å²) in [4.78, 5) is 12.9. The van der Waals surface area contributed by atoms with Gasteiger partial charge >= 0.3 is 0 Å². The summed E-state index contributed by atoms with van der Waals surface area (Å²) in [5.41, 5.74) is 1.14. The fourth-order valence-electron chi connectivity index (χ4n) is 3.31. The summed E-state index contributed by atoms with van der Waals surface area (Å²) >= 11 is 0. The van der Waals surface area contributed by atoms with E-state index < -0.39 is 31.8 Å². The van der Waals surface area contributed by atoms with Crippen LogP contribution in [-0.2, 0) is 24.7 Å². The number of hydrogen-bond donors (Lipinski definition) is 1. The van der Waals surface area contributed by atoms with Gasteiger partial charge in [-0.25, -0.2) is 16.8 Å². The topological polar surface area (TPSA) is 101 Å². The van der Waals surface area contributed by atoms with Crippen LogP contribution in [0.15, 0.2) is 71.6 Å². The average molecular weight is 461 g/mol. The second-order valence-electron chi connectivity index (χ2n) is 7.40. The maximum Gasteiger partial charge on any atom is 0.241 e. The number of hydrogen-bond acceptors (Lipinski definition) is 5. The third kappa shape index (κ3) is 5.42. The van der Waals surface area contributed by atoms with Crippen LogP contribution in [0.3, 0.4) is 0 Å². The molecule has 1 atom stereocenters. The van der Waals surface area contributed by atoms with Crippen molar-refractivity contribution in [1.82, 2.24) is 5.32 Å². The number of nitrogens with zero attached hydrogens (tertiary/aromatic N) is 1. The van der Waals surface area contributed by atoms with Gasteiger partial charge in [-0.1, -0.05) is 48.5 Å². The first-order valence-electron chi connectivity index (χ1n) is 9.51. The summed E-state index contributed by atoms with van der Waals surface area (Å²) in [6, 6.07) is 18.4. The van der Waals surface area contributed by atoms with Gasteiger partial charge in [0.15, 0.2) is 9.84 Å². The molecule has 0 radical (unpaired) electrons. The Labute approximate surface area is 182 Å². The van der Waals surface area contributed by atoms with E-state index in [1.54, 1.807) is 31.2 Å². The Hall–Kier alpha value is -2.91. The first-order chi connectivity index (χ1) is 14.5. The van der Waals surface area contributed by atoms with Crippen LogP contribution in [0.2, 0.25) is 0 Å². The molecule has 1 N–H and O–H groups in total. The minimum absolute atomic E-state index is 0.189. The summed E-state index contributed by atoms with van der Waals surface area (Å²) in [5, 5.41) is 4.38. The van der Waals surface area contributed by atoms with Crippen LogP contribution < -0.4 is 9.62 Å². The average Bonchev–Trinajstić information content (AvgIpc) is 2.70. The van der Waals surface area contributed by atoms with Gasteiger partial charge in [0.25, 0.3) is 0 Å². The van der Waals surface area contributed by atoms with Crippen LogP contribution in [0, 0.1) is 0 Å². The molecule has 0 aliphatic heterocycles. The molecule has 0 bridgehead atoms. The van der Waals surface area contributed by atoms with Gasteiger partial charge in [0, 0.05) is 11.6 Å². The Morgan fingerprint density at radius 2 is 1.52 bits per heavy atom. The summed E-state index contributed by atoms with van der Waals surface area (Å²) in [5.74, 6) is -0.474. The maximum atomic E-state index is 12.7. The molecule has 3 rings (SSSR count). The van der Waals surface area contributed by atoms with Crippen LogP contribution in [0.1, 0.15) is 18.5 Å². The molecular formula is C22H24N2O5S2. The molecule has 7 nitrogen and oxygen atoms in total. The molecule has 164 valence electrons. The maximum absolute atomic E-state index is 12.7. The minimum Gasteiger partial charge on any atom is -0.348 e. The molecule has 0 saturated heterocycles. The van der Waals surface area contributed by atoms with Crippen LogP contribution >= 0.6 is 0 Å². The van der Waals surface area contributed by atoms with Crippen molar-refractivity contribution in [2.75, 3.05) is 23.4 Å². The normalized spacial score (nSPS) is 13.0. The van der Waals surface area contributed by atoms with Crippen molar-refractivity contribution in [3.05, 3.63) is 72.3 Å². The highest BCUT2D eigenvalue weighted by Gasteiger charge is 2.23. The lowest BCUT2D eigenvalue weighted by molar-refractivity contribution is -0.120. The lowest BCUT2D eigenvalue weighted by atomic mass is 10.1. The lowest BCUT2D eigenvalue weighted by Gasteiger charge is -2.24. The largest absolute Gasteiger partial charge is 0.348 e. The number of sulfone groups is 1. The predicted molar refractivity (Wildman–Crippen MR) is 122 cm³/mol. The number of benzene rings is 3. The van der Waals surface area contributed by atoms with Crippen molar-refractivity contribution in [3.8, 4) is 0 Å². The Kier molecular flexibility index (Phi) is 6.38. The molecule has 0 aromatic heterocycles. The van der Waals surface area contributed by atoms with E-state index in [1.165, 1.54) is 12.1 Å². The number of sulfonamides is 1. The zero-order valence-corrected chi connectivity index (χ0v) is 19.1. The van der Waals surface area contributed by atoms with Gasteiger partial charge in [0.05, 0.1) is 22.9 Å². The Morgan fingerprint density at radius 3 is 2.13 bits per heavy atom. The molecule has 0 saturated carbocycles. The fraction of sp³-hybridized carbons (Fsp3) is 0.227. The highest BCUT2D eigenvalue weighted by Crippen LogP contribution is 2.28. The highest BCUT2D eigenvalue weighted by atomic mass is 32.2. The van der Waals surface area contributed by atoms with E-state index in [0.717, 1.165) is 27.6 Å². The molecule has 1 amide bonds. The summed E-state index contributed by atoms with van der Waals surface area (Å²) in [7, 11) is -7.03. The number of anilines is 1. The first-order valence-corrected chi connectivity index (χ1v) is 13.3. The molecule has 0 aliphatic rings. The Balaban J connectivity index is 1.82. The van der Waals surface area contributed by atoms with Gasteiger partial charge in [0.1, 0.15) is 6.54 Å². The van der Waals surface area contributed by atoms with Crippen LogP contribution in [0.25, 0.3) is 10.8 Å². The van der Waals surface area contributed by atoms with Crippen molar-refractivity contribution in [2.45, 2.75) is 17.9 Å². The van der Waals surface area contributed by atoms with Crippen molar-refractivity contribution < 1.29 is 21.6 Å². The number of fused-ring (bicyclic) bond motifs is 1. The highest BCUT2D eigenvalue weighted by molar-refractivity contribution is 7.92. The number of amides is 1. The molecular weight excluding hydrogens is 436 g/mol. The molecule has 9 heteroatoms. The Bertz CT molecular complexity index is 1310. The van der Waals surface area contributed by atoms with Gasteiger partial charge < -0.3 is 5.32 Å². The number of rotatable bonds is 7. The number of nitrogens with one attached hydrogen (secondary N) is 1. The van der Waals surface area contributed by atoms with E-state index in [2.05, 4.69) is 5.32 Å². The smallest absolute Gasteiger partial charge is 0.241 e. The predicted octanol–water partition coefficient (Wildman–Crippen LogP) is 2.89. The van der Waals surface area contributed by atoms with Crippen LogP contribution in [0.5, 0.6) is 0 Å². The molecule has 0 aliphatic carbocycles. The zero-order valence-electron chi connectivity index (χ0n) is 17.4. The molecule has 3 aromatic carbocycles. The van der Waals surface area contributed by atoms with Gasteiger partial charge in [-0.05, 0) is 36.1 Å². The third-order valence-electron chi connectivity index (χ3n) is 4.91. The first kappa shape index (κ1) is 22.8. The molecule has 0 fully saturated rings. The quantitative estimate of drug-likeness (QED) is 0.584. The Morgan fingerprint density at radius 1 is 0.903 bits per heavy atom. The second kappa shape index (κ2) is 8.68. The molecule has 0 spiro atoms. The summed E-state index contributed by atoms with van der Waals surface area (Å²) < 4.78 is 49.3. The number of carbonyl (C=O) groups is 1. The van der Waals surface area contributed by atoms with Crippen molar-refractivity contribution in [2.24, 2.45) is 0 Å². The lowest BCUT2D eigenvalue weighted by Crippen LogP contribution is -2.41. The van der Waals surface area contributed by atoms with Gasteiger partial charge in [0.2, 0.25) is 15.9 Å². The van der Waals surface area contributed by atoms with E-state index in [0.29, 0.717) is 11.3 Å². The van der Waals surface area contributed by atoms with Crippen molar-refractivity contribution >= 4 is 42.2 Å². The molecule has 0 unspecified atom stereocenters. The molecule has 0 heterocycles. The minimum atomic E-state index is -3.72. The SMILES string of the molecule is C[C@@H](NC(=O)CN(c1cccc2ccccc12)S(C)(=O)=O)c1ccc(S(C)(=O)=O)cc1. The molecule has 31 heavy (non-hydrogen) atoms. The van der Waals surface area contributed by atoms with Gasteiger partial charge in [-0.3, -0.25) is 9.10 Å². The van der Waals surface area contributed by atoms with Gasteiger partial charge in [-0.2, -0.15) is 0 Å². The monoisotopic (exact) mass is 460 g/mol.